The van der Waals surface area contributed by atoms with E-state index in [1.165, 1.54) is 6.42 Å². The van der Waals surface area contributed by atoms with E-state index in [2.05, 4.69) is 24.1 Å². The molecular weight excluding hydrogens is 247 g/mol. The number of aromatic nitrogens is 1. The van der Waals surface area contributed by atoms with Crippen molar-refractivity contribution in [1.82, 2.24) is 4.98 Å². The highest BCUT2D eigenvalue weighted by molar-refractivity contribution is 5.93. The summed E-state index contributed by atoms with van der Waals surface area (Å²) in [5.74, 6) is -1.54. The Bertz CT molecular complexity index is 488. The van der Waals surface area contributed by atoms with Crippen LogP contribution in [0.4, 0.5) is 10.2 Å². The first-order valence-electron chi connectivity index (χ1n) is 6.55. The molecular formula is C14H19FN2O2. The van der Waals surface area contributed by atoms with Crippen LogP contribution in [0.15, 0.2) is 12.3 Å². The second-order valence-electron chi connectivity index (χ2n) is 5.79. The van der Waals surface area contributed by atoms with E-state index in [9.17, 15) is 9.18 Å². The van der Waals surface area contributed by atoms with E-state index in [0.29, 0.717) is 0 Å². The van der Waals surface area contributed by atoms with Gasteiger partial charge in [-0.05, 0) is 24.3 Å². The third kappa shape index (κ3) is 3.03. The fourth-order valence-corrected chi connectivity index (χ4v) is 2.64. The highest BCUT2D eigenvalue weighted by Gasteiger charge is 2.33. The van der Waals surface area contributed by atoms with Crippen LogP contribution in [0.5, 0.6) is 0 Å². The normalized spacial score (nSPS) is 21.9. The van der Waals surface area contributed by atoms with E-state index in [4.69, 9.17) is 5.11 Å². The number of carboxylic acid groups (broad SMARTS) is 1. The largest absolute Gasteiger partial charge is 0.478 e. The minimum Gasteiger partial charge on any atom is -0.478 e. The Kier molecular flexibility index (Phi) is 3.73. The smallest absolute Gasteiger partial charge is 0.339 e. The molecule has 0 aromatic carbocycles. The Morgan fingerprint density at radius 1 is 1.53 bits per heavy atom. The van der Waals surface area contributed by atoms with Gasteiger partial charge in [-0.2, -0.15) is 0 Å². The minimum absolute atomic E-state index is 0.0874. The number of carbonyl (C=O) groups is 1. The van der Waals surface area contributed by atoms with Crippen molar-refractivity contribution in [2.45, 2.75) is 45.6 Å². The number of carboxylic acids is 1. The first-order valence-corrected chi connectivity index (χ1v) is 6.55. The van der Waals surface area contributed by atoms with E-state index in [1.807, 2.05) is 0 Å². The van der Waals surface area contributed by atoms with Gasteiger partial charge in [-0.25, -0.2) is 14.2 Å². The summed E-state index contributed by atoms with van der Waals surface area (Å²) in [5, 5.41) is 12.3. The summed E-state index contributed by atoms with van der Waals surface area (Å²) >= 11 is 0. The highest BCUT2D eigenvalue weighted by atomic mass is 19.1. The first-order chi connectivity index (χ1) is 8.90. The summed E-state index contributed by atoms with van der Waals surface area (Å²) in [6.07, 6.45) is 5.42. The monoisotopic (exact) mass is 266 g/mol. The highest BCUT2D eigenvalue weighted by Crippen LogP contribution is 2.37. The van der Waals surface area contributed by atoms with Gasteiger partial charge in [0.1, 0.15) is 17.2 Å². The van der Waals surface area contributed by atoms with Crippen molar-refractivity contribution in [3.05, 3.63) is 23.6 Å². The third-order valence-electron chi connectivity index (χ3n) is 3.90. The van der Waals surface area contributed by atoms with Gasteiger partial charge in [-0.15, -0.1) is 0 Å². The SMILES string of the molecule is CC1(C)CCCCC1Nc1ncc(F)cc1C(=O)O. The Labute approximate surface area is 112 Å². The second kappa shape index (κ2) is 5.15. The molecule has 4 nitrogen and oxygen atoms in total. The maximum atomic E-state index is 13.1. The maximum absolute atomic E-state index is 13.1. The number of nitrogens with zero attached hydrogens (tertiary/aromatic N) is 1. The molecule has 1 aromatic heterocycles. The average Bonchev–Trinajstić information content (AvgIpc) is 2.33. The molecule has 1 fully saturated rings. The first kappa shape index (κ1) is 13.8. The van der Waals surface area contributed by atoms with Gasteiger partial charge in [0, 0.05) is 6.04 Å². The van der Waals surface area contributed by atoms with Gasteiger partial charge in [0.25, 0.3) is 0 Å². The molecule has 1 heterocycles. The van der Waals surface area contributed by atoms with Crippen molar-refractivity contribution < 1.29 is 14.3 Å². The van der Waals surface area contributed by atoms with E-state index >= 15 is 0 Å². The molecule has 1 aliphatic rings. The van der Waals surface area contributed by atoms with Crippen LogP contribution >= 0.6 is 0 Å². The molecule has 104 valence electrons. The third-order valence-corrected chi connectivity index (χ3v) is 3.90. The van der Waals surface area contributed by atoms with Crippen LogP contribution in [0, 0.1) is 11.2 Å². The summed E-state index contributed by atoms with van der Waals surface area (Å²) in [6, 6.07) is 1.17. The van der Waals surface area contributed by atoms with Gasteiger partial charge >= 0.3 is 5.97 Å². The van der Waals surface area contributed by atoms with Crippen LogP contribution in [0.2, 0.25) is 0 Å². The van der Waals surface area contributed by atoms with Crippen molar-refractivity contribution >= 4 is 11.8 Å². The summed E-state index contributed by atoms with van der Waals surface area (Å²) in [7, 11) is 0. The minimum atomic E-state index is -1.16. The van der Waals surface area contributed by atoms with Crippen molar-refractivity contribution in [3.8, 4) is 0 Å². The zero-order valence-corrected chi connectivity index (χ0v) is 11.2. The molecule has 0 aliphatic heterocycles. The number of hydrogen-bond donors (Lipinski definition) is 2. The van der Waals surface area contributed by atoms with E-state index in [1.54, 1.807) is 0 Å². The topological polar surface area (TPSA) is 62.2 Å². The van der Waals surface area contributed by atoms with Gasteiger partial charge in [-0.3, -0.25) is 0 Å². The molecule has 1 aromatic rings. The molecule has 1 saturated carbocycles. The van der Waals surface area contributed by atoms with E-state index < -0.39 is 11.8 Å². The van der Waals surface area contributed by atoms with Crippen molar-refractivity contribution in [1.29, 1.82) is 0 Å². The molecule has 0 saturated heterocycles. The van der Waals surface area contributed by atoms with Gasteiger partial charge in [0.05, 0.1) is 6.20 Å². The van der Waals surface area contributed by atoms with Crippen LogP contribution in [-0.2, 0) is 0 Å². The Balaban J connectivity index is 2.25. The van der Waals surface area contributed by atoms with Crippen molar-refractivity contribution in [3.63, 3.8) is 0 Å². The molecule has 5 heteroatoms. The van der Waals surface area contributed by atoms with Gasteiger partial charge < -0.3 is 10.4 Å². The van der Waals surface area contributed by atoms with Crippen molar-refractivity contribution in [2.75, 3.05) is 5.32 Å². The summed E-state index contributed by atoms with van der Waals surface area (Å²) in [4.78, 5) is 15.0. The van der Waals surface area contributed by atoms with Gasteiger partial charge in [0.15, 0.2) is 0 Å². The molecule has 0 bridgehead atoms. The lowest BCUT2D eigenvalue weighted by Crippen LogP contribution is -2.39. The van der Waals surface area contributed by atoms with E-state index in [-0.39, 0.29) is 22.8 Å². The predicted molar refractivity (Wildman–Crippen MR) is 70.8 cm³/mol. The van der Waals surface area contributed by atoms with Crippen LogP contribution in [0.1, 0.15) is 49.9 Å². The summed E-state index contributed by atoms with van der Waals surface area (Å²) < 4.78 is 13.1. The van der Waals surface area contributed by atoms with Crippen molar-refractivity contribution in [2.24, 2.45) is 5.41 Å². The quantitative estimate of drug-likeness (QED) is 0.881. The predicted octanol–water partition coefficient (Wildman–Crippen LogP) is 3.30. The number of rotatable bonds is 3. The molecule has 1 aliphatic carbocycles. The second-order valence-corrected chi connectivity index (χ2v) is 5.79. The molecule has 0 spiro atoms. The lowest BCUT2D eigenvalue weighted by Gasteiger charge is -2.39. The number of aromatic carboxylic acids is 1. The summed E-state index contributed by atoms with van der Waals surface area (Å²) in [5.41, 5.74) is -0.0224. The van der Waals surface area contributed by atoms with Crippen LogP contribution in [-0.4, -0.2) is 22.1 Å². The average molecular weight is 266 g/mol. The fraction of sp³-hybridized carbons (Fsp3) is 0.571. The van der Waals surface area contributed by atoms with Crippen LogP contribution in [0.3, 0.4) is 0 Å². The number of anilines is 1. The fourth-order valence-electron chi connectivity index (χ4n) is 2.64. The number of hydrogen-bond acceptors (Lipinski definition) is 3. The number of nitrogens with one attached hydrogen (secondary N) is 1. The molecule has 2 rings (SSSR count). The van der Waals surface area contributed by atoms with Crippen LogP contribution in [0.25, 0.3) is 0 Å². The lowest BCUT2D eigenvalue weighted by molar-refractivity contribution is 0.0696. The zero-order chi connectivity index (χ0) is 14.0. The summed E-state index contributed by atoms with van der Waals surface area (Å²) in [6.45, 7) is 4.32. The molecule has 1 atom stereocenters. The molecule has 0 amide bonds. The van der Waals surface area contributed by atoms with E-state index in [0.717, 1.165) is 31.5 Å². The van der Waals surface area contributed by atoms with Gasteiger partial charge in [-0.1, -0.05) is 26.7 Å². The maximum Gasteiger partial charge on any atom is 0.339 e. The standard InChI is InChI=1S/C14H19FN2O2/c1-14(2)6-4-3-5-11(14)17-12-10(13(18)19)7-9(15)8-16-12/h7-8,11H,3-6H2,1-2H3,(H,16,17)(H,18,19). The lowest BCUT2D eigenvalue weighted by atomic mass is 9.73. The molecule has 19 heavy (non-hydrogen) atoms. The number of halogens is 1. The Morgan fingerprint density at radius 3 is 2.89 bits per heavy atom. The Hall–Kier alpha value is -1.65. The Morgan fingerprint density at radius 2 is 2.26 bits per heavy atom. The molecule has 2 N–H and O–H groups in total. The van der Waals surface area contributed by atoms with Crippen LogP contribution < -0.4 is 5.32 Å². The zero-order valence-electron chi connectivity index (χ0n) is 11.2. The molecule has 0 radical (unpaired) electrons. The van der Waals surface area contributed by atoms with Gasteiger partial charge in [0.2, 0.25) is 0 Å². The molecule has 1 unspecified atom stereocenters. The number of pyridine rings is 1.